The average molecular weight is 443 g/mol. The third-order valence-electron chi connectivity index (χ3n) is 7.24. The molecule has 6 nitrogen and oxygen atoms in total. The number of piperidine rings is 1. The first-order chi connectivity index (χ1) is 15.8. The van der Waals surface area contributed by atoms with Crippen LogP contribution in [0.25, 0.3) is 0 Å². The molecule has 4 rings (SSSR count). The van der Waals surface area contributed by atoms with Gasteiger partial charge in [0.2, 0.25) is 0 Å². The molecule has 3 aliphatic rings. The van der Waals surface area contributed by atoms with Gasteiger partial charge in [0.1, 0.15) is 6.10 Å². The van der Waals surface area contributed by atoms with E-state index in [0.29, 0.717) is 0 Å². The maximum absolute atomic E-state index is 5.98. The summed E-state index contributed by atoms with van der Waals surface area (Å²) < 4.78 is 11.8. The minimum absolute atomic E-state index is 0.176. The number of likely N-dealkylation sites (tertiary alicyclic amines) is 1. The lowest BCUT2D eigenvalue weighted by molar-refractivity contribution is -0.0816. The highest BCUT2D eigenvalue weighted by atomic mass is 16.5. The normalized spacial score (nSPS) is 25.9. The summed E-state index contributed by atoms with van der Waals surface area (Å²) in [5, 5.41) is 3.58. The first-order valence-corrected chi connectivity index (χ1v) is 12.8. The predicted molar refractivity (Wildman–Crippen MR) is 130 cm³/mol. The number of aliphatic imine (C=N–C) groups is 1. The van der Waals surface area contributed by atoms with E-state index in [1.54, 1.807) is 0 Å². The van der Waals surface area contributed by atoms with E-state index in [4.69, 9.17) is 9.47 Å². The van der Waals surface area contributed by atoms with Gasteiger partial charge in [-0.15, -0.1) is 0 Å². The topological polar surface area (TPSA) is 49.3 Å². The Kier molecular flexibility index (Phi) is 9.24. The highest BCUT2D eigenvalue weighted by molar-refractivity contribution is 5.80. The van der Waals surface area contributed by atoms with Crippen LogP contribution in [0.1, 0.15) is 44.1 Å². The van der Waals surface area contributed by atoms with Crippen LogP contribution in [0.4, 0.5) is 0 Å². The fraction of sp³-hybridized carbons (Fsp3) is 0.731. The maximum atomic E-state index is 5.98. The summed E-state index contributed by atoms with van der Waals surface area (Å²) in [6, 6.07) is 11.0. The van der Waals surface area contributed by atoms with Gasteiger partial charge >= 0.3 is 0 Å². The second-order valence-electron chi connectivity index (χ2n) is 9.56. The summed E-state index contributed by atoms with van der Waals surface area (Å²) in [4.78, 5) is 9.53. The molecule has 3 aliphatic heterocycles. The Balaban J connectivity index is 1.08. The van der Waals surface area contributed by atoms with Gasteiger partial charge in [0.05, 0.1) is 12.7 Å². The molecule has 0 aliphatic carbocycles. The van der Waals surface area contributed by atoms with Gasteiger partial charge in [-0.1, -0.05) is 30.3 Å². The van der Waals surface area contributed by atoms with Crippen LogP contribution in [-0.4, -0.2) is 87.5 Å². The van der Waals surface area contributed by atoms with Crippen LogP contribution < -0.4 is 5.32 Å². The highest BCUT2D eigenvalue weighted by Crippen LogP contribution is 2.22. The molecule has 32 heavy (non-hydrogen) atoms. The molecule has 0 aromatic heterocycles. The average Bonchev–Trinajstić information content (AvgIpc) is 3.38. The smallest absolute Gasteiger partial charge is 0.193 e. The van der Waals surface area contributed by atoms with E-state index in [1.807, 2.05) is 7.05 Å². The van der Waals surface area contributed by atoms with Gasteiger partial charge in [-0.05, 0) is 76.1 Å². The van der Waals surface area contributed by atoms with Crippen LogP contribution in [0.5, 0.6) is 0 Å². The molecule has 178 valence electrons. The van der Waals surface area contributed by atoms with E-state index in [9.17, 15) is 0 Å². The van der Waals surface area contributed by atoms with Crippen molar-refractivity contribution in [2.75, 3.05) is 59.5 Å². The lowest BCUT2D eigenvalue weighted by Crippen LogP contribution is -2.53. The summed E-state index contributed by atoms with van der Waals surface area (Å²) in [7, 11) is 1.89. The Morgan fingerprint density at radius 2 is 1.81 bits per heavy atom. The second-order valence-corrected chi connectivity index (χ2v) is 9.56. The van der Waals surface area contributed by atoms with Gasteiger partial charge in [0.25, 0.3) is 0 Å². The van der Waals surface area contributed by atoms with Gasteiger partial charge in [0.15, 0.2) is 5.96 Å². The summed E-state index contributed by atoms with van der Waals surface area (Å²) in [5.74, 6) is 1.86. The van der Waals surface area contributed by atoms with Gasteiger partial charge < -0.3 is 24.6 Å². The lowest BCUT2D eigenvalue weighted by atomic mass is 9.90. The molecular weight excluding hydrogens is 400 g/mol. The minimum Gasteiger partial charge on any atom is -0.375 e. The molecule has 0 spiro atoms. The van der Waals surface area contributed by atoms with Gasteiger partial charge in [-0.2, -0.15) is 0 Å². The van der Waals surface area contributed by atoms with Crippen LogP contribution in [0, 0.1) is 5.92 Å². The minimum atomic E-state index is 0.176. The first-order valence-electron chi connectivity index (χ1n) is 12.8. The highest BCUT2D eigenvalue weighted by Gasteiger charge is 2.32. The van der Waals surface area contributed by atoms with Crippen molar-refractivity contribution in [3.8, 4) is 0 Å². The van der Waals surface area contributed by atoms with Crippen LogP contribution in [0.15, 0.2) is 35.3 Å². The molecule has 0 amide bonds. The number of unbranched alkanes of at least 4 members (excludes halogenated alkanes) is 1. The molecule has 3 heterocycles. The van der Waals surface area contributed by atoms with Crippen molar-refractivity contribution in [2.24, 2.45) is 10.9 Å². The third-order valence-corrected chi connectivity index (χ3v) is 7.24. The zero-order valence-corrected chi connectivity index (χ0v) is 19.9. The monoisotopic (exact) mass is 442 g/mol. The molecule has 2 unspecified atom stereocenters. The third kappa shape index (κ3) is 6.93. The van der Waals surface area contributed by atoms with Crippen molar-refractivity contribution in [3.05, 3.63) is 35.9 Å². The number of guanidine groups is 1. The SMILES string of the molecule is CN=C(NCCCCN1CCC(Cc2ccccc2)CC1)N1CCOC(C2CCCO2)C1. The Labute approximate surface area is 194 Å². The lowest BCUT2D eigenvalue weighted by Gasteiger charge is -2.37. The van der Waals surface area contributed by atoms with Gasteiger partial charge in [0, 0.05) is 33.3 Å². The molecule has 2 atom stereocenters. The molecule has 3 fully saturated rings. The number of morpholine rings is 1. The zero-order valence-electron chi connectivity index (χ0n) is 19.9. The Morgan fingerprint density at radius 3 is 2.56 bits per heavy atom. The predicted octanol–water partition coefficient (Wildman–Crippen LogP) is 3.18. The van der Waals surface area contributed by atoms with Crippen LogP contribution in [-0.2, 0) is 15.9 Å². The molecule has 0 bridgehead atoms. The summed E-state index contributed by atoms with van der Waals surface area (Å²) in [5.41, 5.74) is 1.49. The van der Waals surface area contributed by atoms with Crippen molar-refractivity contribution in [1.29, 1.82) is 0 Å². The van der Waals surface area contributed by atoms with E-state index >= 15 is 0 Å². The van der Waals surface area contributed by atoms with Gasteiger partial charge in [-0.3, -0.25) is 4.99 Å². The number of benzene rings is 1. The Hall–Kier alpha value is -1.63. The molecule has 0 radical (unpaired) electrons. The summed E-state index contributed by atoms with van der Waals surface area (Å²) in [6.45, 7) is 8.13. The van der Waals surface area contributed by atoms with Crippen LogP contribution in [0.2, 0.25) is 0 Å². The molecular formula is C26H42N4O2. The fourth-order valence-corrected chi connectivity index (χ4v) is 5.34. The number of hydrogen-bond donors (Lipinski definition) is 1. The van der Waals surface area contributed by atoms with E-state index in [2.05, 4.69) is 50.4 Å². The number of ether oxygens (including phenoxy) is 2. The van der Waals surface area contributed by atoms with E-state index < -0.39 is 0 Å². The Bertz CT molecular complexity index is 684. The molecule has 6 heteroatoms. The molecule has 3 saturated heterocycles. The van der Waals surface area contributed by atoms with Crippen LogP contribution in [0.3, 0.4) is 0 Å². The molecule has 0 saturated carbocycles. The number of hydrogen-bond acceptors (Lipinski definition) is 4. The van der Waals surface area contributed by atoms with E-state index in [-0.39, 0.29) is 12.2 Å². The standard InChI is InChI=1S/C26H42N4O2/c1-27-26(30-17-19-32-25(21-30)24-10-7-18-31-24)28-13-5-6-14-29-15-11-23(12-16-29)20-22-8-3-2-4-9-22/h2-4,8-9,23-25H,5-7,10-21H2,1H3,(H,27,28). The largest absolute Gasteiger partial charge is 0.375 e. The summed E-state index contributed by atoms with van der Waals surface area (Å²) >= 11 is 0. The van der Waals surface area contributed by atoms with Crippen molar-refractivity contribution in [1.82, 2.24) is 15.1 Å². The Morgan fingerprint density at radius 1 is 1.00 bits per heavy atom. The summed E-state index contributed by atoms with van der Waals surface area (Å²) in [6.07, 6.45) is 9.05. The molecule has 1 aromatic rings. The fourth-order valence-electron chi connectivity index (χ4n) is 5.34. The van der Waals surface area contributed by atoms with E-state index in [1.165, 1.54) is 57.3 Å². The van der Waals surface area contributed by atoms with Crippen molar-refractivity contribution >= 4 is 5.96 Å². The van der Waals surface area contributed by atoms with Crippen molar-refractivity contribution < 1.29 is 9.47 Å². The quantitative estimate of drug-likeness (QED) is 0.381. The molecule has 1 N–H and O–H groups in total. The first kappa shape index (κ1) is 23.5. The van der Waals surface area contributed by atoms with Crippen LogP contribution >= 0.6 is 0 Å². The van der Waals surface area contributed by atoms with Crippen molar-refractivity contribution in [3.63, 3.8) is 0 Å². The van der Waals surface area contributed by atoms with E-state index in [0.717, 1.165) is 57.6 Å². The maximum Gasteiger partial charge on any atom is 0.193 e. The number of nitrogens with one attached hydrogen (secondary N) is 1. The molecule has 1 aromatic carbocycles. The second kappa shape index (κ2) is 12.6. The van der Waals surface area contributed by atoms with Gasteiger partial charge in [-0.25, -0.2) is 0 Å². The zero-order chi connectivity index (χ0) is 22.0. The number of rotatable bonds is 8. The van der Waals surface area contributed by atoms with Crippen molar-refractivity contribution in [2.45, 2.75) is 57.2 Å². The number of nitrogens with zero attached hydrogens (tertiary/aromatic N) is 3.